The van der Waals surface area contributed by atoms with Gasteiger partial charge in [0.15, 0.2) is 36.7 Å². The van der Waals surface area contributed by atoms with Crippen LogP contribution in [0.1, 0.15) is 59.1 Å². The zero-order valence-corrected chi connectivity index (χ0v) is 24.7. The van der Waals surface area contributed by atoms with Crippen LogP contribution in [0.4, 0.5) is 0 Å². The third kappa shape index (κ3) is 6.46. The van der Waals surface area contributed by atoms with Crippen LogP contribution in [0.2, 0.25) is 19.6 Å². The lowest BCUT2D eigenvalue weighted by molar-refractivity contribution is -0.248. The second-order valence-electron chi connectivity index (χ2n) is 13.9. The van der Waals surface area contributed by atoms with E-state index in [2.05, 4.69) is 40.4 Å². The third-order valence-electron chi connectivity index (χ3n) is 6.90. The van der Waals surface area contributed by atoms with Gasteiger partial charge in [0, 0.05) is 17.2 Å². The van der Waals surface area contributed by atoms with Crippen molar-refractivity contribution in [1.29, 1.82) is 0 Å². The van der Waals surface area contributed by atoms with Gasteiger partial charge in [0.05, 0.1) is 14.7 Å². The van der Waals surface area contributed by atoms with Gasteiger partial charge in [-0.15, -0.1) is 0 Å². The zero-order valence-electron chi connectivity index (χ0n) is 23.7. The van der Waals surface area contributed by atoms with Crippen LogP contribution in [0.25, 0.3) is 0 Å². The molecule has 4 rings (SSSR count). The maximum absolute atomic E-state index is 12.7. The molecule has 208 valence electrons. The highest BCUT2D eigenvalue weighted by Gasteiger charge is 2.65. The van der Waals surface area contributed by atoms with E-state index in [1.54, 1.807) is 0 Å². The van der Waals surface area contributed by atoms with Crippen molar-refractivity contribution in [3.05, 3.63) is 35.4 Å². The average molecular weight is 537 g/mol. The summed E-state index contributed by atoms with van der Waals surface area (Å²) in [6, 6.07) is 7.95. The van der Waals surface area contributed by atoms with Crippen LogP contribution in [-0.4, -0.2) is 62.4 Å². The van der Waals surface area contributed by atoms with Crippen LogP contribution in [0.3, 0.4) is 0 Å². The summed E-state index contributed by atoms with van der Waals surface area (Å²) in [5.74, 6) is -1.60. The Balaban J connectivity index is 1.37. The first kappa shape index (κ1) is 28.7. The van der Waals surface area contributed by atoms with Crippen LogP contribution in [-0.2, 0) is 45.6 Å². The summed E-state index contributed by atoms with van der Waals surface area (Å²) in [6.07, 6.45) is -3.36. The molecule has 9 heteroatoms. The molecule has 0 aromatic heterocycles. The van der Waals surface area contributed by atoms with E-state index in [-0.39, 0.29) is 5.41 Å². The smallest absolute Gasteiger partial charge is 0.338 e. The van der Waals surface area contributed by atoms with E-state index in [1.807, 2.05) is 45.0 Å². The van der Waals surface area contributed by atoms with Crippen LogP contribution < -0.4 is 0 Å². The number of esters is 1. The summed E-state index contributed by atoms with van der Waals surface area (Å²) in [5, 5.41) is 10.8. The third-order valence-corrected chi connectivity index (χ3v) is 7.97. The van der Waals surface area contributed by atoms with Gasteiger partial charge in [-0.05, 0) is 24.3 Å². The molecule has 1 aromatic carbocycles. The fourth-order valence-electron chi connectivity index (χ4n) is 5.52. The van der Waals surface area contributed by atoms with Crippen LogP contribution in [0.5, 0.6) is 0 Å². The number of carbonyl (C=O) groups excluding carboxylic acids is 1. The second kappa shape index (κ2) is 10.0. The van der Waals surface area contributed by atoms with E-state index in [9.17, 15) is 9.90 Å². The summed E-state index contributed by atoms with van der Waals surface area (Å²) < 4.78 is 36.0. The minimum atomic E-state index is -1.25. The highest BCUT2D eigenvalue weighted by molar-refractivity contribution is 6.76. The van der Waals surface area contributed by atoms with Gasteiger partial charge in [-0.1, -0.05) is 78.5 Å². The molecule has 37 heavy (non-hydrogen) atoms. The van der Waals surface area contributed by atoms with Gasteiger partial charge >= 0.3 is 5.97 Å². The molecule has 0 radical (unpaired) electrons. The van der Waals surface area contributed by atoms with Crippen molar-refractivity contribution >= 4 is 14.0 Å². The van der Waals surface area contributed by atoms with Crippen LogP contribution in [0, 0.1) is 10.8 Å². The standard InChI is InChI=1S/C28H44O8Si/c1-26(2,3)15-27(4,5)25(30)34-21-19-20(32-23(21)29)22-24(33-19)36-28(6,35-22)18-12-10-17(11-13-18)14-31-16-37(7,8)9/h10-13,19-22,24-25,30H,14-16H2,1-9H3. The van der Waals surface area contributed by atoms with E-state index in [4.69, 9.17) is 28.4 Å². The van der Waals surface area contributed by atoms with Gasteiger partial charge in [-0.2, -0.15) is 0 Å². The Morgan fingerprint density at radius 2 is 1.68 bits per heavy atom. The molecule has 0 spiro atoms. The molecule has 3 heterocycles. The summed E-state index contributed by atoms with van der Waals surface area (Å²) >= 11 is 0. The molecule has 0 saturated carbocycles. The Bertz CT molecular complexity index is 966. The molecule has 1 aromatic rings. The Hall–Kier alpha value is -1.33. The first-order chi connectivity index (χ1) is 17.0. The second-order valence-corrected chi connectivity index (χ2v) is 19.3. The maximum Gasteiger partial charge on any atom is 0.338 e. The number of rotatable bonds is 9. The lowest BCUT2D eigenvalue weighted by Gasteiger charge is -2.37. The zero-order chi connectivity index (χ0) is 27.4. The van der Waals surface area contributed by atoms with Crippen molar-refractivity contribution in [3.8, 4) is 0 Å². The fourth-order valence-corrected chi connectivity index (χ4v) is 6.23. The number of carbonyl (C=O) groups is 1. The van der Waals surface area contributed by atoms with Gasteiger partial charge in [0.1, 0.15) is 6.10 Å². The molecule has 8 nitrogen and oxygen atoms in total. The van der Waals surface area contributed by atoms with E-state index in [0.29, 0.717) is 13.0 Å². The molecule has 1 N–H and O–H groups in total. The van der Waals surface area contributed by atoms with Crippen molar-refractivity contribution in [3.63, 3.8) is 0 Å². The molecule has 0 aliphatic carbocycles. The molecular weight excluding hydrogens is 492 g/mol. The minimum absolute atomic E-state index is 0.0151. The molecule has 3 fully saturated rings. The molecule has 0 bridgehead atoms. The lowest BCUT2D eigenvalue weighted by atomic mass is 9.76. The molecular formula is C28H44O8Si. The Morgan fingerprint density at radius 1 is 1.03 bits per heavy atom. The number of hydrogen-bond acceptors (Lipinski definition) is 8. The highest BCUT2D eigenvalue weighted by Crippen LogP contribution is 2.47. The number of hydrogen-bond donors (Lipinski definition) is 1. The van der Waals surface area contributed by atoms with E-state index >= 15 is 0 Å². The van der Waals surface area contributed by atoms with Gasteiger partial charge in [0.2, 0.25) is 0 Å². The predicted molar refractivity (Wildman–Crippen MR) is 140 cm³/mol. The quantitative estimate of drug-likeness (QED) is 0.281. The highest BCUT2D eigenvalue weighted by atomic mass is 28.3. The number of ether oxygens (including phenoxy) is 6. The Morgan fingerprint density at radius 3 is 2.27 bits per heavy atom. The van der Waals surface area contributed by atoms with Crippen LogP contribution >= 0.6 is 0 Å². The van der Waals surface area contributed by atoms with Crippen molar-refractivity contribution < 1.29 is 38.3 Å². The van der Waals surface area contributed by atoms with Crippen molar-refractivity contribution in [2.75, 3.05) is 6.23 Å². The lowest BCUT2D eigenvalue weighted by Crippen LogP contribution is -2.43. The first-order valence-electron chi connectivity index (χ1n) is 13.2. The topological polar surface area (TPSA) is 92.7 Å². The van der Waals surface area contributed by atoms with Crippen molar-refractivity contribution in [2.45, 2.75) is 117 Å². The van der Waals surface area contributed by atoms with Gasteiger partial charge in [-0.3, -0.25) is 0 Å². The SMILES string of the molecule is CC(C)(C)CC(C)(C)C(O)OC1C(=O)OC2C3OC(C)(c4ccc(COC[Si](C)(C)C)cc4)OC3OC12. The monoisotopic (exact) mass is 536 g/mol. The number of benzene rings is 1. The summed E-state index contributed by atoms with van der Waals surface area (Å²) in [7, 11) is -1.25. The predicted octanol–water partition coefficient (Wildman–Crippen LogP) is 4.49. The Kier molecular flexibility index (Phi) is 7.75. The molecule has 7 unspecified atom stereocenters. The Labute approximate surface area is 221 Å². The van der Waals surface area contributed by atoms with Crippen molar-refractivity contribution in [2.24, 2.45) is 10.8 Å². The van der Waals surface area contributed by atoms with Crippen LogP contribution in [0.15, 0.2) is 24.3 Å². The van der Waals surface area contributed by atoms with Gasteiger partial charge in [0.25, 0.3) is 0 Å². The molecule has 0 amide bonds. The molecule has 7 atom stereocenters. The number of fused-ring (bicyclic) bond motifs is 3. The fraction of sp³-hybridized carbons (Fsp3) is 0.750. The first-order valence-corrected chi connectivity index (χ1v) is 16.9. The van der Waals surface area contributed by atoms with E-state index in [1.165, 1.54) is 0 Å². The summed E-state index contributed by atoms with van der Waals surface area (Å²) in [4.78, 5) is 12.7. The number of aliphatic hydroxyl groups is 1. The van der Waals surface area contributed by atoms with E-state index in [0.717, 1.165) is 17.4 Å². The summed E-state index contributed by atoms with van der Waals surface area (Å²) in [5.41, 5.74) is 1.34. The minimum Gasteiger partial charge on any atom is -0.454 e. The maximum atomic E-state index is 12.7. The molecule has 3 aliphatic rings. The largest absolute Gasteiger partial charge is 0.454 e. The summed E-state index contributed by atoms with van der Waals surface area (Å²) in [6.45, 7) is 19.4. The van der Waals surface area contributed by atoms with Crippen molar-refractivity contribution in [1.82, 2.24) is 0 Å². The normalized spacial score (nSPS) is 32.8. The van der Waals surface area contributed by atoms with Gasteiger partial charge in [-0.25, -0.2) is 4.79 Å². The van der Waals surface area contributed by atoms with Gasteiger partial charge < -0.3 is 33.5 Å². The van der Waals surface area contributed by atoms with E-state index < -0.39 is 62.2 Å². The molecule has 3 saturated heterocycles. The average Bonchev–Trinajstić information content (AvgIpc) is 3.34. The molecule has 3 aliphatic heterocycles. The number of aliphatic hydroxyl groups excluding tert-OH is 1.